The Bertz CT molecular complexity index is 1370. The molecule has 8 heteroatoms. The molecule has 0 aliphatic rings. The predicted octanol–water partition coefficient (Wildman–Crippen LogP) is 4.13. The number of pyridine rings is 1. The average molecular weight is 463 g/mol. The zero-order valence-electron chi connectivity index (χ0n) is 19.2. The van der Waals surface area contributed by atoms with Crippen molar-refractivity contribution in [2.45, 2.75) is 32.5 Å². The van der Waals surface area contributed by atoms with E-state index in [1.165, 1.54) is 16.3 Å². The molecule has 4 aromatic rings. The average Bonchev–Trinajstić information content (AvgIpc) is 3.10. The molecule has 0 N–H and O–H groups in total. The molecule has 1 aromatic carbocycles. The van der Waals surface area contributed by atoms with Crippen molar-refractivity contribution in [3.8, 4) is 5.82 Å². The van der Waals surface area contributed by atoms with Gasteiger partial charge in [-0.15, -0.1) is 0 Å². The van der Waals surface area contributed by atoms with E-state index in [1.54, 1.807) is 31.5 Å². The summed E-state index contributed by atoms with van der Waals surface area (Å²) in [4.78, 5) is 35.6. The minimum Gasteiger partial charge on any atom is -0.383 e. The van der Waals surface area contributed by atoms with Crippen LogP contribution in [-0.2, 0) is 11.3 Å². The van der Waals surface area contributed by atoms with Gasteiger partial charge in [-0.1, -0.05) is 30.0 Å². The number of rotatable bonds is 8. The van der Waals surface area contributed by atoms with Gasteiger partial charge in [0.1, 0.15) is 5.82 Å². The Balaban J connectivity index is 1.69. The maximum Gasteiger partial charge on any atom is 0.267 e. The first kappa shape index (κ1) is 22.9. The number of nitrogens with zero attached hydrogens (tertiary/aromatic N) is 4. The lowest BCUT2D eigenvalue weighted by Crippen LogP contribution is -2.23. The fraction of sp³-hybridized carbons (Fsp3) is 0.280. The summed E-state index contributed by atoms with van der Waals surface area (Å²) in [6, 6.07) is 12.8. The van der Waals surface area contributed by atoms with E-state index in [4.69, 9.17) is 9.72 Å². The Morgan fingerprint density at radius 3 is 2.64 bits per heavy atom. The van der Waals surface area contributed by atoms with Gasteiger partial charge in [-0.25, -0.2) is 14.5 Å². The third-order valence-corrected chi connectivity index (χ3v) is 6.53. The van der Waals surface area contributed by atoms with Crippen molar-refractivity contribution in [1.82, 2.24) is 19.1 Å². The number of carbonyl (C=O) groups excluding carboxylic acids is 1. The maximum atomic E-state index is 13.3. The van der Waals surface area contributed by atoms with E-state index < -0.39 is 0 Å². The van der Waals surface area contributed by atoms with Crippen LogP contribution in [0.2, 0.25) is 0 Å². The molecule has 3 heterocycles. The van der Waals surface area contributed by atoms with Crippen molar-refractivity contribution in [3.05, 3.63) is 81.5 Å². The molecule has 33 heavy (non-hydrogen) atoms. The SMILES string of the molecule is COCCn1c(C)cc(C(=O)CSc2nc3ccccc3c(=O)n2-c2ccc(C)cn2)c1C. The minimum absolute atomic E-state index is 0.0115. The molecule has 0 saturated heterocycles. The number of carbonyl (C=O) groups is 1. The van der Waals surface area contributed by atoms with Crippen LogP contribution >= 0.6 is 11.8 Å². The van der Waals surface area contributed by atoms with Gasteiger partial charge in [-0.3, -0.25) is 9.59 Å². The quantitative estimate of drug-likeness (QED) is 0.223. The molecule has 0 spiro atoms. The Labute approximate surface area is 196 Å². The first-order valence-electron chi connectivity index (χ1n) is 10.7. The summed E-state index contributed by atoms with van der Waals surface area (Å²) in [7, 11) is 1.66. The number of ether oxygens (including phenoxy) is 1. The van der Waals surface area contributed by atoms with Gasteiger partial charge in [-0.2, -0.15) is 0 Å². The summed E-state index contributed by atoms with van der Waals surface area (Å²) in [6.45, 7) is 7.14. The van der Waals surface area contributed by atoms with E-state index in [2.05, 4.69) is 9.55 Å². The topological polar surface area (TPSA) is 79.0 Å². The highest BCUT2D eigenvalue weighted by molar-refractivity contribution is 7.99. The smallest absolute Gasteiger partial charge is 0.267 e. The van der Waals surface area contributed by atoms with Gasteiger partial charge in [-0.05, 0) is 50.6 Å². The van der Waals surface area contributed by atoms with Crippen molar-refractivity contribution in [2.75, 3.05) is 19.5 Å². The number of aromatic nitrogens is 4. The molecule has 0 amide bonds. The van der Waals surface area contributed by atoms with Crippen LogP contribution in [0.4, 0.5) is 0 Å². The fourth-order valence-electron chi connectivity index (χ4n) is 3.82. The number of hydrogen-bond acceptors (Lipinski definition) is 6. The van der Waals surface area contributed by atoms with E-state index in [0.717, 1.165) is 17.0 Å². The Kier molecular flexibility index (Phi) is 6.76. The number of aryl methyl sites for hydroxylation is 2. The van der Waals surface area contributed by atoms with Crippen molar-refractivity contribution in [2.24, 2.45) is 0 Å². The summed E-state index contributed by atoms with van der Waals surface area (Å²) in [5, 5.41) is 0.953. The van der Waals surface area contributed by atoms with Gasteiger partial charge >= 0.3 is 0 Å². The molecule has 0 aliphatic heterocycles. The molecule has 7 nitrogen and oxygen atoms in total. The number of hydrogen-bond donors (Lipinski definition) is 0. The number of benzene rings is 1. The van der Waals surface area contributed by atoms with Gasteiger partial charge in [0, 0.05) is 36.8 Å². The first-order valence-corrected chi connectivity index (χ1v) is 11.7. The molecule has 0 bridgehead atoms. The highest BCUT2D eigenvalue weighted by Crippen LogP contribution is 2.23. The van der Waals surface area contributed by atoms with Gasteiger partial charge in [0.2, 0.25) is 0 Å². The first-order chi connectivity index (χ1) is 15.9. The van der Waals surface area contributed by atoms with E-state index in [9.17, 15) is 9.59 Å². The monoisotopic (exact) mass is 462 g/mol. The molecule has 0 fully saturated rings. The van der Waals surface area contributed by atoms with Crippen LogP contribution in [0.3, 0.4) is 0 Å². The van der Waals surface area contributed by atoms with Gasteiger partial charge in [0.25, 0.3) is 5.56 Å². The number of thioether (sulfide) groups is 1. The number of methoxy groups -OCH3 is 1. The molecule has 0 radical (unpaired) electrons. The van der Waals surface area contributed by atoms with Crippen LogP contribution in [0.25, 0.3) is 16.7 Å². The standard InChI is InChI=1S/C25H26N4O3S/c1-16-9-10-23(26-14-16)29-24(31)19-7-5-6-8-21(19)27-25(29)33-15-22(30)20-13-17(2)28(18(20)3)11-12-32-4/h5-10,13-14H,11-12,15H2,1-4H3. The summed E-state index contributed by atoms with van der Waals surface area (Å²) >= 11 is 1.25. The zero-order valence-corrected chi connectivity index (χ0v) is 20.0. The number of Topliss-reactive ketones (excluding diaryl/α,β-unsaturated/α-hetero) is 1. The zero-order chi connectivity index (χ0) is 23.5. The molecule has 0 saturated carbocycles. The van der Waals surface area contributed by atoms with E-state index in [0.29, 0.717) is 40.6 Å². The third kappa shape index (κ3) is 4.62. The lowest BCUT2D eigenvalue weighted by Gasteiger charge is -2.12. The number of para-hydroxylation sites is 1. The second-order valence-corrected chi connectivity index (χ2v) is 8.83. The largest absolute Gasteiger partial charge is 0.383 e. The molecular weight excluding hydrogens is 436 g/mol. The number of ketones is 1. The maximum absolute atomic E-state index is 13.3. The molecule has 0 atom stereocenters. The van der Waals surface area contributed by atoms with E-state index in [1.807, 2.05) is 45.0 Å². The van der Waals surface area contributed by atoms with Crippen LogP contribution in [0.15, 0.2) is 58.6 Å². The second-order valence-electron chi connectivity index (χ2n) is 7.89. The normalized spacial score (nSPS) is 11.3. The van der Waals surface area contributed by atoms with E-state index in [-0.39, 0.29) is 17.1 Å². The molecule has 170 valence electrons. The highest BCUT2D eigenvalue weighted by Gasteiger charge is 2.19. The van der Waals surface area contributed by atoms with Gasteiger partial charge in [0.15, 0.2) is 10.9 Å². The third-order valence-electron chi connectivity index (χ3n) is 5.60. The predicted molar refractivity (Wildman–Crippen MR) is 131 cm³/mol. The van der Waals surface area contributed by atoms with Crippen LogP contribution in [-0.4, -0.2) is 44.4 Å². The minimum atomic E-state index is -0.204. The fourth-order valence-corrected chi connectivity index (χ4v) is 4.71. The Hall–Kier alpha value is -3.23. The molecule has 0 unspecified atom stereocenters. The summed E-state index contributed by atoms with van der Waals surface area (Å²) in [6.07, 6.45) is 1.71. The van der Waals surface area contributed by atoms with Crippen molar-refractivity contribution < 1.29 is 9.53 Å². The van der Waals surface area contributed by atoms with Crippen molar-refractivity contribution in [3.63, 3.8) is 0 Å². The van der Waals surface area contributed by atoms with Gasteiger partial charge in [0.05, 0.1) is 23.3 Å². The Morgan fingerprint density at radius 2 is 1.91 bits per heavy atom. The number of fused-ring (bicyclic) bond motifs is 1. The highest BCUT2D eigenvalue weighted by atomic mass is 32.2. The van der Waals surface area contributed by atoms with Crippen LogP contribution < -0.4 is 5.56 Å². The summed E-state index contributed by atoms with van der Waals surface area (Å²) in [5.41, 5.74) is 4.00. The van der Waals surface area contributed by atoms with Crippen LogP contribution in [0.1, 0.15) is 27.3 Å². The van der Waals surface area contributed by atoms with E-state index >= 15 is 0 Å². The molecule has 4 rings (SSSR count). The van der Waals surface area contributed by atoms with Gasteiger partial charge < -0.3 is 9.30 Å². The second kappa shape index (κ2) is 9.72. The Morgan fingerprint density at radius 1 is 1.12 bits per heavy atom. The molecular formula is C25H26N4O3S. The lowest BCUT2D eigenvalue weighted by atomic mass is 10.2. The summed E-state index contributed by atoms with van der Waals surface area (Å²) < 4.78 is 8.76. The summed E-state index contributed by atoms with van der Waals surface area (Å²) in [5.74, 6) is 0.629. The van der Waals surface area contributed by atoms with Crippen LogP contribution in [0.5, 0.6) is 0 Å². The lowest BCUT2D eigenvalue weighted by molar-refractivity contribution is 0.102. The van der Waals surface area contributed by atoms with Crippen molar-refractivity contribution in [1.29, 1.82) is 0 Å². The van der Waals surface area contributed by atoms with Crippen LogP contribution in [0, 0.1) is 20.8 Å². The molecule has 0 aliphatic carbocycles. The van der Waals surface area contributed by atoms with Crippen molar-refractivity contribution >= 4 is 28.4 Å². The molecule has 3 aromatic heterocycles.